The van der Waals surface area contributed by atoms with Crippen molar-refractivity contribution >= 4 is 12.6 Å². The van der Waals surface area contributed by atoms with Gasteiger partial charge in [0, 0.05) is 12.6 Å². The minimum atomic E-state index is 0.749. The quantitative estimate of drug-likeness (QED) is 0.623. The Bertz CT molecular complexity index is 112. The van der Waals surface area contributed by atoms with Crippen molar-refractivity contribution < 1.29 is 0 Å². The predicted octanol–water partition coefficient (Wildman–Crippen LogP) is 2.04. The van der Waals surface area contributed by atoms with Crippen LogP contribution in [0.1, 0.15) is 26.7 Å². The van der Waals surface area contributed by atoms with Gasteiger partial charge in [-0.15, -0.1) is 0 Å². The van der Waals surface area contributed by atoms with Crippen LogP contribution in [0.2, 0.25) is 0 Å². The summed E-state index contributed by atoms with van der Waals surface area (Å²) in [6.45, 7) is 6.98. The maximum absolute atomic E-state index is 4.29. The van der Waals surface area contributed by atoms with Crippen molar-refractivity contribution in [1.82, 2.24) is 4.90 Å². The summed E-state index contributed by atoms with van der Waals surface area (Å²) in [5.74, 6) is 1.77. The summed E-state index contributed by atoms with van der Waals surface area (Å²) in [7, 11) is 0. The number of hydrogen-bond acceptors (Lipinski definition) is 2. The van der Waals surface area contributed by atoms with Crippen LogP contribution in [0.25, 0.3) is 0 Å². The maximum Gasteiger partial charge on any atom is 0.00964 e. The second-order valence-electron chi connectivity index (χ2n) is 3.61. The fourth-order valence-electron chi connectivity index (χ4n) is 1.43. The first kappa shape index (κ1) is 9.40. The summed E-state index contributed by atoms with van der Waals surface area (Å²) in [6.07, 6.45) is 2.85. The molecule has 1 aliphatic carbocycles. The highest BCUT2D eigenvalue weighted by Gasteiger charge is 2.28. The third-order valence-corrected chi connectivity index (χ3v) is 2.95. The van der Waals surface area contributed by atoms with Crippen LogP contribution in [0.4, 0.5) is 0 Å². The van der Waals surface area contributed by atoms with Crippen molar-refractivity contribution in [3.8, 4) is 0 Å². The standard InChI is InChI=1S/C9H19NS/c1-3-10(9-4-5-9)6-8(2)7-11/h8-9,11H,3-7H2,1-2H3. The van der Waals surface area contributed by atoms with Gasteiger partial charge in [0.05, 0.1) is 0 Å². The summed E-state index contributed by atoms with van der Waals surface area (Å²) in [5.41, 5.74) is 0. The van der Waals surface area contributed by atoms with E-state index in [1.54, 1.807) is 0 Å². The Morgan fingerprint density at radius 3 is 2.55 bits per heavy atom. The van der Waals surface area contributed by atoms with E-state index in [9.17, 15) is 0 Å². The molecule has 11 heavy (non-hydrogen) atoms. The van der Waals surface area contributed by atoms with Crippen LogP contribution in [0.3, 0.4) is 0 Å². The van der Waals surface area contributed by atoms with Crippen molar-refractivity contribution in [1.29, 1.82) is 0 Å². The summed E-state index contributed by atoms with van der Waals surface area (Å²) < 4.78 is 0. The van der Waals surface area contributed by atoms with Gasteiger partial charge in [0.2, 0.25) is 0 Å². The molecule has 1 fully saturated rings. The van der Waals surface area contributed by atoms with Gasteiger partial charge in [0.25, 0.3) is 0 Å². The van der Waals surface area contributed by atoms with E-state index in [0.29, 0.717) is 0 Å². The first-order chi connectivity index (χ1) is 5.27. The molecular weight excluding hydrogens is 154 g/mol. The summed E-state index contributed by atoms with van der Waals surface area (Å²) in [6, 6.07) is 0.919. The van der Waals surface area contributed by atoms with Gasteiger partial charge < -0.3 is 4.90 Å². The average molecular weight is 173 g/mol. The lowest BCUT2D eigenvalue weighted by atomic mass is 10.2. The second-order valence-corrected chi connectivity index (χ2v) is 3.97. The Labute approximate surface area is 75.6 Å². The topological polar surface area (TPSA) is 3.24 Å². The van der Waals surface area contributed by atoms with E-state index >= 15 is 0 Å². The molecule has 0 N–H and O–H groups in total. The molecule has 1 unspecified atom stereocenters. The van der Waals surface area contributed by atoms with Crippen molar-refractivity contribution in [2.45, 2.75) is 32.7 Å². The zero-order valence-electron chi connectivity index (χ0n) is 7.58. The van der Waals surface area contributed by atoms with E-state index in [1.165, 1.54) is 25.9 Å². The van der Waals surface area contributed by atoms with Crippen LogP contribution in [0.5, 0.6) is 0 Å². The average Bonchev–Trinajstić information content (AvgIpc) is 2.82. The lowest BCUT2D eigenvalue weighted by molar-refractivity contribution is 0.248. The molecule has 0 heterocycles. The molecule has 1 aliphatic rings. The minimum Gasteiger partial charge on any atom is -0.300 e. The van der Waals surface area contributed by atoms with E-state index < -0.39 is 0 Å². The monoisotopic (exact) mass is 173 g/mol. The first-order valence-electron chi connectivity index (χ1n) is 4.62. The Balaban J connectivity index is 2.19. The summed E-state index contributed by atoms with van der Waals surface area (Å²) >= 11 is 4.29. The summed E-state index contributed by atoms with van der Waals surface area (Å²) in [5, 5.41) is 0. The zero-order valence-corrected chi connectivity index (χ0v) is 8.48. The largest absolute Gasteiger partial charge is 0.300 e. The van der Waals surface area contributed by atoms with Crippen LogP contribution in [-0.4, -0.2) is 29.8 Å². The van der Waals surface area contributed by atoms with Gasteiger partial charge >= 0.3 is 0 Å². The summed E-state index contributed by atoms with van der Waals surface area (Å²) in [4.78, 5) is 2.58. The highest BCUT2D eigenvalue weighted by molar-refractivity contribution is 7.80. The molecule has 0 spiro atoms. The molecule has 66 valence electrons. The molecule has 0 aromatic carbocycles. The highest BCUT2D eigenvalue weighted by Crippen LogP contribution is 2.27. The Kier molecular flexibility index (Phi) is 3.73. The molecule has 1 atom stereocenters. The minimum absolute atomic E-state index is 0.749. The molecule has 1 nitrogen and oxygen atoms in total. The highest BCUT2D eigenvalue weighted by atomic mass is 32.1. The Morgan fingerprint density at radius 1 is 1.55 bits per heavy atom. The lowest BCUT2D eigenvalue weighted by Crippen LogP contribution is -2.30. The smallest absolute Gasteiger partial charge is 0.00964 e. The predicted molar refractivity (Wildman–Crippen MR) is 53.3 cm³/mol. The van der Waals surface area contributed by atoms with Crippen molar-refractivity contribution in [2.75, 3.05) is 18.8 Å². The van der Waals surface area contributed by atoms with E-state index in [0.717, 1.165) is 17.7 Å². The molecule has 1 saturated carbocycles. The molecule has 0 aromatic heterocycles. The van der Waals surface area contributed by atoms with Crippen LogP contribution in [0, 0.1) is 5.92 Å². The molecule has 0 aliphatic heterocycles. The lowest BCUT2D eigenvalue weighted by Gasteiger charge is -2.22. The van der Waals surface area contributed by atoms with E-state index in [2.05, 4.69) is 31.4 Å². The molecule has 1 rings (SSSR count). The molecular formula is C9H19NS. The molecule has 0 aromatic rings. The molecule has 0 amide bonds. The van der Waals surface area contributed by atoms with Gasteiger partial charge in [-0.3, -0.25) is 0 Å². The van der Waals surface area contributed by atoms with Gasteiger partial charge in [0.15, 0.2) is 0 Å². The van der Waals surface area contributed by atoms with Gasteiger partial charge in [0.1, 0.15) is 0 Å². The SMILES string of the molecule is CCN(CC(C)CS)C1CC1. The van der Waals surface area contributed by atoms with Crippen molar-refractivity contribution in [2.24, 2.45) is 5.92 Å². The normalized spacial score (nSPS) is 20.7. The van der Waals surface area contributed by atoms with Gasteiger partial charge in [-0.05, 0) is 31.1 Å². The van der Waals surface area contributed by atoms with Crippen molar-refractivity contribution in [3.05, 3.63) is 0 Å². The molecule has 0 saturated heterocycles. The number of rotatable bonds is 5. The molecule has 2 heteroatoms. The molecule has 0 radical (unpaired) electrons. The van der Waals surface area contributed by atoms with Crippen LogP contribution < -0.4 is 0 Å². The van der Waals surface area contributed by atoms with E-state index in [-0.39, 0.29) is 0 Å². The maximum atomic E-state index is 4.29. The van der Waals surface area contributed by atoms with Crippen LogP contribution in [0.15, 0.2) is 0 Å². The van der Waals surface area contributed by atoms with Gasteiger partial charge in [-0.25, -0.2) is 0 Å². The number of hydrogen-bond donors (Lipinski definition) is 1. The second kappa shape index (κ2) is 4.36. The van der Waals surface area contributed by atoms with Gasteiger partial charge in [-0.2, -0.15) is 12.6 Å². The molecule has 0 bridgehead atoms. The van der Waals surface area contributed by atoms with E-state index in [4.69, 9.17) is 0 Å². The zero-order chi connectivity index (χ0) is 8.27. The van der Waals surface area contributed by atoms with Gasteiger partial charge in [-0.1, -0.05) is 13.8 Å². The Morgan fingerprint density at radius 2 is 2.18 bits per heavy atom. The van der Waals surface area contributed by atoms with Crippen LogP contribution in [-0.2, 0) is 0 Å². The Hall–Kier alpha value is 0.310. The number of thiol groups is 1. The fourth-order valence-corrected chi connectivity index (χ4v) is 1.55. The third-order valence-electron chi connectivity index (χ3n) is 2.33. The number of nitrogens with zero attached hydrogens (tertiary/aromatic N) is 1. The van der Waals surface area contributed by atoms with E-state index in [1.807, 2.05) is 0 Å². The van der Waals surface area contributed by atoms with Crippen LogP contribution >= 0.6 is 12.6 Å². The first-order valence-corrected chi connectivity index (χ1v) is 5.26. The third kappa shape index (κ3) is 3.04. The van der Waals surface area contributed by atoms with Crippen molar-refractivity contribution in [3.63, 3.8) is 0 Å². The fraction of sp³-hybridized carbons (Fsp3) is 1.00.